The Morgan fingerprint density at radius 1 is 1.69 bits per heavy atom. The van der Waals surface area contributed by atoms with Gasteiger partial charge in [-0.3, -0.25) is 0 Å². The van der Waals surface area contributed by atoms with Crippen LogP contribution in [0.4, 0.5) is 10.8 Å². The van der Waals surface area contributed by atoms with E-state index in [1.54, 1.807) is 0 Å². The molecule has 0 aliphatic heterocycles. The van der Waals surface area contributed by atoms with Crippen LogP contribution in [-0.4, -0.2) is 10.4 Å². The molecule has 1 aromatic heterocycles. The van der Waals surface area contributed by atoms with Crippen LogP contribution >= 0.6 is 11.5 Å². The van der Waals surface area contributed by atoms with Gasteiger partial charge in [-0.1, -0.05) is 19.8 Å². The average Bonchev–Trinajstić information content (AvgIpc) is 2.48. The Morgan fingerprint density at radius 3 is 3.00 bits per heavy atom. The third-order valence-corrected chi connectivity index (χ3v) is 2.64. The fourth-order valence-corrected chi connectivity index (χ4v) is 1.87. The molecule has 1 rings (SSSR count). The zero-order valence-electron chi connectivity index (χ0n) is 8.21. The molecule has 3 nitrogen and oxygen atoms in total. The van der Waals surface area contributed by atoms with Crippen molar-refractivity contribution < 1.29 is 0 Å². The lowest BCUT2D eigenvalue weighted by Crippen LogP contribution is -2.13. The highest BCUT2D eigenvalue weighted by molar-refractivity contribution is 7.10. The second-order valence-corrected chi connectivity index (χ2v) is 4.11. The van der Waals surface area contributed by atoms with Crippen molar-refractivity contribution in [3.05, 3.63) is 6.07 Å². The van der Waals surface area contributed by atoms with Crippen molar-refractivity contribution >= 4 is 22.4 Å². The molecule has 0 radical (unpaired) electrons. The minimum absolute atomic E-state index is 0.514. The third kappa shape index (κ3) is 3.63. The molecule has 4 heteroatoms. The topological polar surface area (TPSA) is 50.9 Å². The van der Waals surface area contributed by atoms with Crippen LogP contribution in [0, 0.1) is 0 Å². The predicted octanol–water partition coefficient (Wildman–Crippen LogP) is 2.72. The first-order valence-electron chi connectivity index (χ1n) is 4.71. The molecule has 13 heavy (non-hydrogen) atoms. The number of rotatable bonds is 5. The summed E-state index contributed by atoms with van der Waals surface area (Å²) in [6.45, 7) is 4.39. The summed E-state index contributed by atoms with van der Waals surface area (Å²) in [4.78, 5) is 0. The summed E-state index contributed by atoms with van der Waals surface area (Å²) in [5, 5.41) is 4.44. The van der Waals surface area contributed by atoms with Gasteiger partial charge in [0.05, 0.1) is 0 Å². The fourth-order valence-electron chi connectivity index (χ4n) is 1.18. The van der Waals surface area contributed by atoms with E-state index < -0.39 is 0 Å². The molecule has 1 aromatic rings. The lowest BCUT2D eigenvalue weighted by atomic mass is 10.1. The number of anilines is 2. The summed E-state index contributed by atoms with van der Waals surface area (Å²) >= 11 is 1.43. The normalized spacial score (nSPS) is 12.8. The summed E-state index contributed by atoms with van der Waals surface area (Å²) in [7, 11) is 0. The Balaban J connectivity index is 2.31. The molecular weight excluding hydrogens is 182 g/mol. The molecule has 0 saturated heterocycles. The van der Waals surface area contributed by atoms with Crippen LogP contribution in [0.2, 0.25) is 0 Å². The summed E-state index contributed by atoms with van der Waals surface area (Å²) in [6, 6.07) is 2.40. The molecule has 1 unspecified atom stereocenters. The van der Waals surface area contributed by atoms with Crippen LogP contribution in [0.3, 0.4) is 0 Å². The summed E-state index contributed by atoms with van der Waals surface area (Å²) < 4.78 is 4.01. The molecule has 0 saturated carbocycles. The largest absolute Gasteiger partial charge is 0.383 e. The Hall–Kier alpha value is -0.770. The van der Waals surface area contributed by atoms with Crippen molar-refractivity contribution in [3.63, 3.8) is 0 Å². The Labute approximate surface area is 83.5 Å². The SMILES string of the molecule is CCCCC(C)Nc1cc(N)ns1. The van der Waals surface area contributed by atoms with Crippen LogP contribution in [-0.2, 0) is 0 Å². The molecule has 0 fully saturated rings. The molecule has 0 aromatic carbocycles. The van der Waals surface area contributed by atoms with Crippen LogP contribution in [0.5, 0.6) is 0 Å². The van der Waals surface area contributed by atoms with E-state index in [9.17, 15) is 0 Å². The Morgan fingerprint density at radius 2 is 2.46 bits per heavy atom. The zero-order valence-corrected chi connectivity index (χ0v) is 9.03. The van der Waals surface area contributed by atoms with Crippen molar-refractivity contribution in [2.45, 2.75) is 39.2 Å². The molecule has 0 bridgehead atoms. The smallest absolute Gasteiger partial charge is 0.139 e. The van der Waals surface area contributed by atoms with E-state index in [1.165, 1.54) is 30.8 Å². The summed E-state index contributed by atoms with van der Waals surface area (Å²) in [6.07, 6.45) is 3.72. The predicted molar refractivity (Wildman–Crippen MR) is 59.1 cm³/mol. The Kier molecular flexibility index (Phi) is 4.02. The average molecular weight is 199 g/mol. The molecule has 0 amide bonds. The number of hydrogen-bond donors (Lipinski definition) is 2. The maximum absolute atomic E-state index is 5.51. The zero-order chi connectivity index (χ0) is 9.68. The molecule has 3 N–H and O–H groups in total. The van der Waals surface area contributed by atoms with Gasteiger partial charge in [0, 0.05) is 12.1 Å². The van der Waals surface area contributed by atoms with Gasteiger partial charge in [-0.15, -0.1) is 0 Å². The van der Waals surface area contributed by atoms with Crippen molar-refractivity contribution in [1.29, 1.82) is 0 Å². The molecule has 0 aliphatic rings. The Bertz CT molecular complexity index is 247. The number of hydrogen-bond acceptors (Lipinski definition) is 4. The van der Waals surface area contributed by atoms with Gasteiger partial charge in [0.25, 0.3) is 0 Å². The maximum Gasteiger partial charge on any atom is 0.139 e. The summed E-state index contributed by atoms with van der Waals surface area (Å²) in [5.41, 5.74) is 5.51. The van der Waals surface area contributed by atoms with Crippen molar-refractivity contribution in [2.24, 2.45) is 0 Å². The number of nitrogen functional groups attached to an aromatic ring is 1. The molecule has 1 atom stereocenters. The number of nitrogens with zero attached hydrogens (tertiary/aromatic N) is 1. The van der Waals surface area contributed by atoms with Gasteiger partial charge >= 0.3 is 0 Å². The van der Waals surface area contributed by atoms with Crippen molar-refractivity contribution in [1.82, 2.24) is 4.37 Å². The fraction of sp³-hybridized carbons (Fsp3) is 0.667. The second-order valence-electron chi connectivity index (χ2n) is 3.30. The molecule has 0 spiro atoms. The minimum Gasteiger partial charge on any atom is -0.383 e. The van der Waals surface area contributed by atoms with Crippen LogP contribution in [0.25, 0.3) is 0 Å². The summed E-state index contributed by atoms with van der Waals surface area (Å²) in [5.74, 6) is 0.607. The third-order valence-electron chi connectivity index (χ3n) is 1.91. The van der Waals surface area contributed by atoms with Gasteiger partial charge < -0.3 is 11.1 Å². The second kappa shape index (κ2) is 5.07. The number of nitrogens with two attached hydrogens (primary N) is 1. The molecular formula is C9H17N3S. The quantitative estimate of drug-likeness (QED) is 0.766. The van der Waals surface area contributed by atoms with E-state index in [1.807, 2.05) is 6.07 Å². The first kappa shape index (κ1) is 10.3. The highest BCUT2D eigenvalue weighted by Crippen LogP contribution is 2.19. The van der Waals surface area contributed by atoms with Gasteiger partial charge in [0.2, 0.25) is 0 Å². The van der Waals surface area contributed by atoms with E-state index in [0.29, 0.717) is 11.9 Å². The van der Waals surface area contributed by atoms with E-state index in [0.717, 1.165) is 5.00 Å². The first-order chi connectivity index (χ1) is 6.22. The molecule has 1 heterocycles. The highest BCUT2D eigenvalue weighted by Gasteiger charge is 2.03. The van der Waals surface area contributed by atoms with Crippen LogP contribution in [0.15, 0.2) is 6.07 Å². The minimum atomic E-state index is 0.514. The van der Waals surface area contributed by atoms with Crippen molar-refractivity contribution in [2.75, 3.05) is 11.1 Å². The highest BCUT2D eigenvalue weighted by atomic mass is 32.1. The van der Waals surface area contributed by atoms with Gasteiger partial charge in [0.15, 0.2) is 0 Å². The lowest BCUT2D eigenvalue weighted by Gasteiger charge is -2.11. The van der Waals surface area contributed by atoms with E-state index in [4.69, 9.17) is 5.73 Å². The van der Waals surface area contributed by atoms with Gasteiger partial charge in [-0.2, -0.15) is 4.37 Å². The van der Waals surface area contributed by atoms with Gasteiger partial charge in [-0.05, 0) is 24.9 Å². The lowest BCUT2D eigenvalue weighted by molar-refractivity contribution is 0.646. The van der Waals surface area contributed by atoms with E-state index >= 15 is 0 Å². The van der Waals surface area contributed by atoms with E-state index in [2.05, 4.69) is 23.5 Å². The number of unbranched alkanes of at least 4 members (excludes halogenated alkanes) is 1. The maximum atomic E-state index is 5.51. The van der Waals surface area contributed by atoms with Gasteiger partial charge in [0.1, 0.15) is 10.8 Å². The van der Waals surface area contributed by atoms with Gasteiger partial charge in [-0.25, -0.2) is 0 Å². The molecule has 0 aliphatic carbocycles. The first-order valence-corrected chi connectivity index (χ1v) is 5.48. The molecule has 74 valence electrons. The van der Waals surface area contributed by atoms with Crippen LogP contribution in [0.1, 0.15) is 33.1 Å². The number of nitrogens with one attached hydrogen (secondary N) is 1. The number of aromatic nitrogens is 1. The van der Waals surface area contributed by atoms with Crippen LogP contribution < -0.4 is 11.1 Å². The monoisotopic (exact) mass is 199 g/mol. The standard InChI is InChI=1S/C9H17N3S/c1-3-4-5-7(2)11-9-6-8(10)12-13-9/h6-7,11H,3-5H2,1-2H3,(H2,10,12). The van der Waals surface area contributed by atoms with E-state index in [-0.39, 0.29) is 0 Å². The van der Waals surface area contributed by atoms with Crippen molar-refractivity contribution in [3.8, 4) is 0 Å².